The fourth-order valence-corrected chi connectivity index (χ4v) is 2.46. The van der Waals surface area contributed by atoms with Crippen molar-refractivity contribution in [3.05, 3.63) is 23.8 Å². The molecule has 1 aromatic rings. The molecule has 1 saturated heterocycles. The van der Waals surface area contributed by atoms with Crippen LogP contribution < -0.4 is 9.47 Å². The van der Waals surface area contributed by atoms with E-state index in [1.54, 1.807) is 32.4 Å². The zero-order chi connectivity index (χ0) is 14.5. The van der Waals surface area contributed by atoms with E-state index in [0.29, 0.717) is 36.1 Å². The Bertz CT molecular complexity index is 467. The van der Waals surface area contributed by atoms with Gasteiger partial charge in [-0.25, -0.2) is 0 Å². The van der Waals surface area contributed by atoms with Crippen molar-refractivity contribution in [3.63, 3.8) is 0 Å². The van der Waals surface area contributed by atoms with Gasteiger partial charge in [-0.05, 0) is 30.9 Å². The molecule has 1 aromatic carbocycles. The first kappa shape index (κ1) is 14.7. The summed E-state index contributed by atoms with van der Waals surface area (Å²) >= 11 is 0. The van der Waals surface area contributed by atoms with Gasteiger partial charge in [0.25, 0.3) is 5.91 Å². The van der Waals surface area contributed by atoms with Crippen molar-refractivity contribution in [2.75, 3.05) is 33.9 Å². The SMILES string of the molecule is COc1ccc(C(=O)N2CCC(CO)CC2)c(OC)c1. The Morgan fingerprint density at radius 1 is 1.30 bits per heavy atom. The van der Waals surface area contributed by atoms with E-state index in [0.717, 1.165) is 12.8 Å². The van der Waals surface area contributed by atoms with E-state index in [-0.39, 0.29) is 12.5 Å². The highest BCUT2D eigenvalue weighted by molar-refractivity contribution is 5.97. The van der Waals surface area contributed by atoms with Crippen molar-refractivity contribution >= 4 is 5.91 Å². The van der Waals surface area contributed by atoms with Crippen LogP contribution >= 0.6 is 0 Å². The zero-order valence-electron chi connectivity index (χ0n) is 12.0. The summed E-state index contributed by atoms with van der Waals surface area (Å²) in [7, 11) is 3.12. The molecule has 0 unspecified atom stereocenters. The molecule has 1 fully saturated rings. The molecule has 1 amide bonds. The smallest absolute Gasteiger partial charge is 0.257 e. The van der Waals surface area contributed by atoms with Crippen LogP contribution in [0.4, 0.5) is 0 Å². The molecule has 0 saturated carbocycles. The van der Waals surface area contributed by atoms with Crippen LogP contribution in [0.25, 0.3) is 0 Å². The van der Waals surface area contributed by atoms with Crippen molar-refractivity contribution in [3.8, 4) is 11.5 Å². The van der Waals surface area contributed by atoms with Crippen molar-refractivity contribution in [1.82, 2.24) is 4.90 Å². The van der Waals surface area contributed by atoms with Gasteiger partial charge in [0.05, 0.1) is 19.8 Å². The summed E-state index contributed by atoms with van der Waals surface area (Å²) in [5.74, 6) is 1.48. The fraction of sp³-hybridized carbons (Fsp3) is 0.533. The van der Waals surface area contributed by atoms with E-state index in [4.69, 9.17) is 14.6 Å². The molecule has 5 heteroatoms. The Kier molecular flexibility index (Phi) is 4.84. The second kappa shape index (κ2) is 6.61. The lowest BCUT2D eigenvalue weighted by atomic mass is 9.97. The summed E-state index contributed by atoms with van der Waals surface area (Å²) in [5.41, 5.74) is 0.552. The van der Waals surface area contributed by atoms with E-state index in [9.17, 15) is 4.79 Å². The topological polar surface area (TPSA) is 59.0 Å². The van der Waals surface area contributed by atoms with E-state index in [1.807, 2.05) is 4.90 Å². The normalized spacial score (nSPS) is 16.1. The number of methoxy groups -OCH3 is 2. The van der Waals surface area contributed by atoms with Gasteiger partial charge in [-0.1, -0.05) is 0 Å². The molecular formula is C15H21NO4. The lowest BCUT2D eigenvalue weighted by Gasteiger charge is -2.31. The first-order chi connectivity index (χ1) is 9.69. The van der Waals surface area contributed by atoms with Crippen LogP contribution in [0.1, 0.15) is 23.2 Å². The monoisotopic (exact) mass is 279 g/mol. The summed E-state index contributed by atoms with van der Waals surface area (Å²) < 4.78 is 10.4. The first-order valence-corrected chi connectivity index (χ1v) is 6.81. The minimum atomic E-state index is -0.0270. The molecule has 20 heavy (non-hydrogen) atoms. The van der Waals surface area contributed by atoms with Gasteiger partial charge in [0.1, 0.15) is 11.5 Å². The highest BCUT2D eigenvalue weighted by Crippen LogP contribution is 2.27. The van der Waals surface area contributed by atoms with E-state index >= 15 is 0 Å². The molecule has 0 bridgehead atoms. The zero-order valence-corrected chi connectivity index (χ0v) is 12.0. The number of rotatable bonds is 4. The maximum Gasteiger partial charge on any atom is 0.257 e. The van der Waals surface area contributed by atoms with Crippen LogP contribution in [0, 0.1) is 5.92 Å². The minimum Gasteiger partial charge on any atom is -0.497 e. The van der Waals surface area contributed by atoms with Gasteiger partial charge in [-0.15, -0.1) is 0 Å². The number of aliphatic hydroxyl groups is 1. The summed E-state index contributed by atoms with van der Waals surface area (Å²) in [6.45, 7) is 1.56. The van der Waals surface area contributed by atoms with Crippen LogP contribution in [0.15, 0.2) is 18.2 Å². The van der Waals surface area contributed by atoms with Gasteiger partial charge >= 0.3 is 0 Å². The van der Waals surface area contributed by atoms with Gasteiger partial charge in [0, 0.05) is 25.8 Å². The van der Waals surface area contributed by atoms with Gasteiger partial charge in [0.15, 0.2) is 0 Å². The molecule has 0 aromatic heterocycles. The molecular weight excluding hydrogens is 258 g/mol. The molecule has 5 nitrogen and oxygen atoms in total. The van der Waals surface area contributed by atoms with Crippen LogP contribution in [0.3, 0.4) is 0 Å². The molecule has 110 valence electrons. The molecule has 0 aliphatic carbocycles. The lowest BCUT2D eigenvalue weighted by Crippen LogP contribution is -2.39. The number of hydrogen-bond donors (Lipinski definition) is 1. The van der Waals surface area contributed by atoms with E-state index in [2.05, 4.69) is 0 Å². The maximum atomic E-state index is 12.5. The van der Waals surface area contributed by atoms with E-state index < -0.39 is 0 Å². The number of benzene rings is 1. The highest BCUT2D eigenvalue weighted by atomic mass is 16.5. The number of ether oxygens (including phenoxy) is 2. The van der Waals surface area contributed by atoms with Gasteiger partial charge in [-0.2, -0.15) is 0 Å². The predicted molar refractivity (Wildman–Crippen MR) is 75.3 cm³/mol. The van der Waals surface area contributed by atoms with Crippen LogP contribution in [-0.4, -0.2) is 49.8 Å². The third kappa shape index (κ3) is 3.04. The number of nitrogens with zero attached hydrogens (tertiary/aromatic N) is 1. The lowest BCUT2D eigenvalue weighted by molar-refractivity contribution is 0.0647. The van der Waals surface area contributed by atoms with Crippen molar-refractivity contribution < 1.29 is 19.4 Å². The second-order valence-corrected chi connectivity index (χ2v) is 4.98. The van der Waals surface area contributed by atoms with Gasteiger partial charge in [-0.3, -0.25) is 4.79 Å². The van der Waals surface area contributed by atoms with Crippen LogP contribution in [-0.2, 0) is 0 Å². The molecule has 0 atom stereocenters. The molecule has 1 N–H and O–H groups in total. The molecule has 0 radical (unpaired) electrons. The fourth-order valence-electron chi connectivity index (χ4n) is 2.46. The van der Waals surface area contributed by atoms with Crippen LogP contribution in [0.2, 0.25) is 0 Å². The quantitative estimate of drug-likeness (QED) is 0.908. The highest BCUT2D eigenvalue weighted by Gasteiger charge is 2.25. The molecule has 2 rings (SSSR count). The number of likely N-dealkylation sites (tertiary alicyclic amines) is 1. The van der Waals surface area contributed by atoms with E-state index in [1.165, 1.54) is 0 Å². The number of amides is 1. The Labute approximate surface area is 119 Å². The third-order valence-electron chi connectivity index (χ3n) is 3.80. The average molecular weight is 279 g/mol. The standard InChI is InChI=1S/C15H21NO4/c1-19-12-3-4-13(14(9-12)20-2)15(18)16-7-5-11(10-17)6-8-16/h3-4,9,11,17H,5-8,10H2,1-2H3. The molecule has 1 aliphatic heterocycles. The molecule has 1 heterocycles. The second-order valence-electron chi connectivity index (χ2n) is 4.98. The summed E-state index contributed by atoms with van der Waals surface area (Å²) in [4.78, 5) is 14.3. The maximum absolute atomic E-state index is 12.5. The van der Waals surface area contributed by atoms with Crippen molar-refractivity contribution in [2.45, 2.75) is 12.8 Å². The Balaban J connectivity index is 2.13. The Morgan fingerprint density at radius 3 is 2.55 bits per heavy atom. The number of carbonyl (C=O) groups is 1. The molecule has 1 aliphatic rings. The average Bonchev–Trinajstić information content (AvgIpc) is 2.53. The van der Waals surface area contributed by atoms with Gasteiger partial charge in [0.2, 0.25) is 0 Å². The minimum absolute atomic E-state index is 0.0270. The number of carbonyl (C=O) groups excluding carboxylic acids is 1. The van der Waals surface area contributed by atoms with Gasteiger partial charge < -0.3 is 19.5 Å². The number of hydrogen-bond acceptors (Lipinski definition) is 4. The number of aliphatic hydroxyl groups excluding tert-OH is 1. The predicted octanol–water partition coefficient (Wildman–Crippen LogP) is 1.55. The summed E-state index contributed by atoms with van der Waals surface area (Å²) in [6.07, 6.45) is 1.70. The Morgan fingerprint density at radius 2 is 2.00 bits per heavy atom. The first-order valence-electron chi connectivity index (χ1n) is 6.81. The molecule has 0 spiro atoms. The third-order valence-corrected chi connectivity index (χ3v) is 3.80. The number of piperidine rings is 1. The summed E-state index contributed by atoms with van der Waals surface area (Å²) in [5, 5.41) is 9.14. The van der Waals surface area contributed by atoms with Crippen LogP contribution in [0.5, 0.6) is 11.5 Å². The Hall–Kier alpha value is -1.75. The van der Waals surface area contributed by atoms with Crippen molar-refractivity contribution in [2.24, 2.45) is 5.92 Å². The summed E-state index contributed by atoms with van der Waals surface area (Å²) in [6, 6.07) is 5.21. The largest absolute Gasteiger partial charge is 0.497 e. The van der Waals surface area contributed by atoms with Crippen molar-refractivity contribution in [1.29, 1.82) is 0 Å².